The molecule has 1 atom stereocenters. The van der Waals surface area contributed by atoms with Gasteiger partial charge in [-0.25, -0.2) is 10.3 Å². The van der Waals surface area contributed by atoms with E-state index in [9.17, 15) is 9.90 Å². The summed E-state index contributed by atoms with van der Waals surface area (Å²) in [4.78, 5) is 17.0. The van der Waals surface area contributed by atoms with Crippen molar-refractivity contribution >= 4 is 5.91 Å². The number of hydroxylamine groups is 1. The monoisotopic (exact) mass is 251 g/mol. The largest absolute Gasteiger partial charge is 0.507 e. The van der Waals surface area contributed by atoms with Gasteiger partial charge < -0.3 is 9.84 Å². The molecule has 1 fully saturated rings. The molecule has 18 heavy (non-hydrogen) atoms. The summed E-state index contributed by atoms with van der Waals surface area (Å²) in [7, 11) is 0. The molecule has 1 heterocycles. The standard InChI is InChI=1S/C13H17NO4/c1-9-5-6-11(15)10(8-9)13(16)14-18-12-4-2-3-7-17-12/h5-6,8,12,15H,2-4,7H2,1H3,(H,14,16)/t12-/m0/s1. The van der Waals surface area contributed by atoms with Crippen LogP contribution in [0.2, 0.25) is 0 Å². The molecule has 2 N–H and O–H groups in total. The Bertz CT molecular complexity index is 427. The van der Waals surface area contributed by atoms with Crippen LogP contribution in [0.4, 0.5) is 0 Å². The fourth-order valence-corrected chi connectivity index (χ4v) is 1.81. The van der Waals surface area contributed by atoms with Crippen LogP contribution in [0.25, 0.3) is 0 Å². The van der Waals surface area contributed by atoms with Crippen LogP contribution in [-0.4, -0.2) is 23.9 Å². The number of hydrogen-bond donors (Lipinski definition) is 2. The van der Waals surface area contributed by atoms with Crippen LogP contribution >= 0.6 is 0 Å². The summed E-state index contributed by atoms with van der Waals surface area (Å²) >= 11 is 0. The summed E-state index contributed by atoms with van der Waals surface area (Å²) in [6.45, 7) is 2.50. The highest BCUT2D eigenvalue weighted by Crippen LogP contribution is 2.18. The predicted octanol–water partition coefficient (Wildman–Crippen LogP) is 1.89. The van der Waals surface area contributed by atoms with E-state index in [4.69, 9.17) is 9.57 Å². The van der Waals surface area contributed by atoms with Gasteiger partial charge in [-0.05, 0) is 31.9 Å². The molecule has 1 aliphatic heterocycles. The highest BCUT2D eigenvalue weighted by atomic mass is 16.8. The second-order valence-electron chi connectivity index (χ2n) is 4.37. The van der Waals surface area contributed by atoms with Crippen LogP contribution in [0, 0.1) is 6.92 Å². The van der Waals surface area contributed by atoms with Gasteiger partial charge in [0.1, 0.15) is 5.75 Å². The molecule has 0 radical (unpaired) electrons. The maximum atomic E-state index is 11.8. The minimum absolute atomic E-state index is 0.0636. The van der Waals surface area contributed by atoms with Crippen molar-refractivity contribution < 1.29 is 19.5 Å². The molecular formula is C13H17NO4. The smallest absolute Gasteiger partial charge is 0.278 e. The molecule has 0 saturated carbocycles. The van der Waals surface area contributed by atoms with Crippen molar-refractivity contribution in [1.29, 1.82) is 0 Å². The van der Waals surface area contributed by atoms with Gasteiger partial charge in [-0.15, -0.1) is 0 Å². The van der Waals surface area contributed by atoms with E-state index < -0.39 is 12.2 Å². The number of amides is 1. The molecule has 98 valence electrons. The zero-order chi connectivity index (χ0) is 13.0. The van der Waals surface area contributed by atoms with Crippen molar-refractivity contribution in [3.8, 4) is 5.75 Å². The number of nitrogens with one attached hydrogen (secondary N) is 1. The average molecular weight is 251 g/mol. The van der Waals surface area contributed by atoms with Gasteiger partial charge in [0.25, 0.3) is 5.91 Å². The van der Waals surface area contributed by atoms with E-state index in [0.717, 1.165) is 24.8 Å². The van der Waals surface area contributed by atoms with Crippen LogP contribution in [0.5, 0.6) is 5.75 Å². The molecular weight excluding hydrogens is 234 g/mol. The van der Waals surface area contributed by atoms with Crippen LogP contribution in [0.1, 0.15) is 35.2 Å². The molecule has 0 bridgehead atoms. The van der Waals surface area contributed by atoms with Gasteiger partial charge in [0.2, 0.25) is 0 Å². The van der Waals surface area contributed by atoms with E-state index >= 15 is 0 Å². The molecule has 0 spiro atoms. The van der Waals surface area contributed by atoms with Gasteiger partial charge in [-0.3, -0.25) is 4.79 Å². The number of ether oxygens (including phenoxy) is 1. The zero-order valence-electron chi connectivity index (χ0n) is 10.3. The normalized spacial score (nSPS) is 19.5. The van der Waals surface area contributed by atoms with Crippen molar-refractivity contribution in [2.75, 3.05) is 6.61 Å². The molecule has 0 aromatic heterocycles. The number of phenolic OH excluding ortho intramolecular Hbond substituents is 1. The molecule has 1 saturated heterocycles. The molecule has 1 aromatic rings. The number of rotatable bonds is 3. The fourth-order valence-electron chi connectivity index (χ4n) is 1.81. The van der Waals surface area contributed by atoms with Crippen LogP contribution < -0.4 is 5.48 Å². The first kappa shape index (κ1) is 12.9. The minimum Gasteiger partial charge on any atom is -0.507 e. The van der Waals surface area contributed by atoms with Gasteiger partial charge in [0.05, 0.1) is 5.56 Å². The highest BCUT2D eigenvalue weighted by Gasteiger charge is 2.17. The average Bonchev–Trinajstić information content (AvgIpc) is 2.40. The number of phenols is 1. The second kappa shape index (κ2) is 5.84. The summed E-state index contributed by atoms with van der Waals surface area (Å²) in [5, 5.41) is 9.59. The number of hydrogen-bond acceptors (Lipinski definition) is 4. The maximum absolute atomic E-state index is 11.8. The highest BCUT2D eigenvalue weighted by molar-refractivity contribution is 5.96. The van der Waals surface area contributed by atoms with Gasteiger partial charge in [0.15, 0.2) is 6.29 Å². The van der Waals surface area contributed by atoms with E-state index in [1.807, 2.05) is 6.92 Å². The molecule has 1 amide bonds. The third-order valence-corrected chi connectivity index (χ3v) is 2.82. The van der Waals surface area contributed by atoms with Crippen molar-refractivity contribution in [3.05, 3.63) is 29.3 Å². The summed E-state index contributed by atoms with van der Waals surface area (Å²) in [6.07, 6.45) is 2.41. The Labute approximate surface area is 106 Å². The third-order valence-electron chi connectivity index (χ3n) is 2.82. The maximum Gasteiger partial charge on any atom is 0.278 e. The Morgan fingerprint density at radius 3 is 3.06 bits per heavy atom. The summed E-state index contributed by atoms with van der Waals surface area (Å²) < 4.78 is 5.32. The SMILES string of the molecule is Cc1ccc(O)c(C(=O)NO[C@H]2CCCCO2)c1. The van der Waals surface area contributed by atoms with Crippen LogP contribution in [0.15, 0.2) is 18.2 Å². The Morgan fingerprint density at radius 2 is 2.33 bits per heavy atom. The van der Waals surface area contributed by atoms with E-state index in [0.29, 0.717) is 6.61 Å². The molecule has 2 rings (SSSR count). The van der Waals surface area contributed by atoms with Crippen LogP contribution in [0.3, 0.4) is 0 Å². The van der Waals surface area contributed by atoms with E-state index in [-0.39, 0.29) is 11.3 Å². The zero-order valence-corrected chi connectivity index (χ0v) is 10.3. The minimum atomic E-state index is -0.467. The van der Waals surface area contributed by atoms with Gasteiger partial charge in [-0.2, -0.15) is 0 Å². The molecule has 1 aromatic carbocycles. The molecule has 0 unspecified atom stereocenters. The van der Waals surface area contributed by atoms with Crippen molar-refractivity contribution in [1.82, 2.24) is 5.48 Å². The summed E-state index contributed by atoms with van der Waals surface area (Å²) in [5.74, 6) is -0.531. The quantitative estimate of drug-likeness (QED) is 0.805. The lowest BCUT2D eigenvalue weighted by molar-refractivity contribution is -0.186. The van der Waals surface area contributed by atoms with E-state index in [1.54, 1.807) is 12.1 Å². The summed E-state index contributed by atoms with van der Waals surface area (Å²) in [6, 6.07) is 4.83. The molecule has 5 heteroatoms. The lowest BCUT2D eigenvalue weighted by Crippen LogP contribution is -2.33. The second-order valence-corrected chi connectivity index (χ2v) is 4.37. The van der Waals surface area contributed by atoms with E-state index in [1.165, 1.54) is 6.07 Å². The third kappa shape index (κ3) is 3.21. The Morgan fingerprint density at radius 1 is 1.50 bits per heavy atom. The first-order valence-corrected chi connectivity index (χ1v) is 6.04. The molecule has 1 aliphatic rings. The number of aryl methyl sites for hydroxylation is 1. The molecule has 0 aliphatic carbocycles. The first-order chi connectivity index (χ1) is 8.66. The van der Waals surface area contributed by atoms with Crippen LogP contribution in [-0.2, 0) is 9.57 Å². The number of benzene rings is 1. The van der Waals surface area contributed by atoms with Crippen molar-refractivity contribution in [2.24, 2.45) is 0 Å². The topological polar surface area (TPSA) is 67.8 Å². The van der Waals surface area contributed by atoms with E-state index in [2.05, 4.69) is 5.48 Å². The summed E-state index contributed by atoms with van der Waals surface area (Å²) in [5.41, 5.74) is 3.41. The van der Waals surface area contributed by atoms with Gasteiger partial charge in [-0.1, -0.05) is 11.6 Å². The van der Waals surface area contributed by atoms with Gasteiger partial charge >= 0.3 is 0 Å². The number of carbonyl (C=O) groups is 1. The van der Waals surface area contributed by atoms with Gasteiger partial charge in [0, 0.05) is 13.0 Å². The lowest BCUT2D eigenvalue weighted by atomic mass is 10.1. The fraction of sp³-hybridized carbons (Fsp3) is 0.462. The number of aromatic hydroxyl groups is 1. The van der Waals surface area contributed by atoms with Crippen molar-refractivity contribution in [2.45, 2.75) is 32.5 Å². The lowest BCUT2D eigenvalue weighted by Gasteiger charge is -2.22. The number of carbonyl (C=O) groups excluding carboxylic acids is 1. The first-order valence-electron chi connectivity index (χ1n) is 6.04. The van der Waals surface area contributed by atoms with Crippen molar-refractivity contribution in [3.63, 3.8) is 0 Å². The molecule has 5 nitrogen and oxygen atoms in total. The Hall–Kier alpha value is -1.59. The Kier molecular flexibility index (Phi) is 4.17. The predicted molar refractivity (Wildman–Crippen MR) is 65.0 cm³/mol. The Balaban J connectivity index is 1.92.